The summed E-state index contributed by atoms with van der Waals surface area (Å²) in [5.41, 5.74) is 4.10. The minimum absolute atomic E-state index is 0.0140. The normalized spacial score (nSPS) is 22.4. The Morgan fingerprint density at radius 2 is 1.86 bits per heavy atom. The van der Waals surface area contributed by atoms with Gasteiger partial charge in [-0.2, -0.15) is 4.18 Å². The molecule has 1 heterocycles. The van der Waals surface area contributed by atoms with Gasteiger partial charge in [0.05, 0.1) is 0 Å². The van der Waals surface area contributed by atoms with Crippen LogP contribution in [0.4, 0.5) is 0 Å². The highest BCUT2D eigenvalue weighted by Crippen LogP contribution is 2.35. The zero-order chi connectivity index (χ0) is 15.4. The Morgan fingerprint density at radius 3 is 2.59 bits per heavy atom. The van der Waals surface area contributed by atoms with Crippen LogP contribution in [0, 0.1) is 6.92 Å². The third-order valence-corrected chi connectivity index (χ3v) is 6.24. The van der Waals surface area contributed by atoms with Gasteiger partial charge in [0.15, 0.2) is 6.10 Å². The second-order valence-corrected chi connectivity index (χ2v) is 7.63. The van der Waals surface area contributed by atoms with Crippen molar-refractivity contribution in [3.8, 4) is 0 Å². The average molecular weight is 311 g/mol. The van der Waals surface area contributed by atoms with Crippen molar-refractivity contribution >= 4 is 11.2 Å². The van der Waals surface area contributed by atoms with Gasteiger partial charge >= 0.3 is 0 Å². The van der Waals surface area contributed by atoms with Crippen LogP contribution in [0.5, 0.6) is 0 Å². The first-order valence-electron chi connectivity index (χ1n) is 7.85. The van der Waals surface area contributed by atoms with E-state index in [-0.39, 0.29) is 17.3 Å². The van der Waals surface area contributed by atoms with E-state index < -0.39 is 0 Å². The van der Waals surface area contributed by atoms with Crippen molar-refractivity contribution in [1.29, 1.82) is 0 Å². The van der Waals surface area contributed by atoms with E-state index >= 15 is 0 Å². The molecule has 1 saturated heterocycles. The lowest BCUT2D eigenvalue weighted by atomic mass is 9.95. The summed E-state index contributed by atoms with van der Waals surface area (Å²) in [5, 5.41) is 0. The topological polar surface area (TPSA) is 9.23 Å². The van der Waals surface area contributed by atoms with Crippen molar-refractivity contribution in [1.82, 2.24) is 0 Å². The molecule has 2 aromatic carbocycles. The van der Waals surface area contributed by atoms with E-state index in [4.69, 9.17) is 4.18 Å². The molecule has 3 atom stereocenters. The third kappa shape index (κ3) is 3.45. The van der Waals surface area contributed by atoms with E-state index in [0.29, 0.717) is 5.92 Å². The predicted octanol–water partition coefficient (Wildman–Crippen LogP) is 4.96. The quantitative estimate of drug-likeness (QED) is 0.560. The Kier molecular flexibility index (Phi) is 5.01. The molecule has 0 bridgehead atoms. The van der Waals surface area contributed by atoms with Crippen LogP contribution in [0.1, 0.15) is 35.1 Å². The molecule has 1 aliphatic rings. The Balaban J connectivity index is 1.66. The molecule has 114 valence electrons. The molecular weight excluding hydrogens is 288 g/mol. The predicted molar refractivity (Wildman–Crippen MR) is 96.1 cm³/mol. The maximum absolute atomic E-state index is 6.35. The Labute approximate surface area is 136 Å². The van der Waals surface area contributed by atoms with Crippen LogP contribution >= 0.6 is 0 Å². The monoisotopic (exact) mass is 311 g/mol. The molecule has 0 aliphatic carbocycles. The summed E-state index contributed by atoms with van der Waals surface area (Å²) in [4.78, 5) is 0. The van der Waals surface area contributed by atoms with Crippen LogP contribution in [-0.2, 0) is 15.4 Å². The van der Waals surface area contributed by atoms with Gasteiger partial charge in [-0.3, -0.25) is 0 Å². The third-order valence-electron chi connectivity index (χ3n) is 4.29. The van der Waals surface area contributed by atoms with Crippen LogP contribution in [0.25, 0.3) is 0 Å². The van der Waals surface area contributed by atoms with E-state index in [1.807, 2.05) is 12.1 Å². The van der Waals surface area contributed by atoms with Gasteiger partial charge in [-0.1, -0.05) is 67.3 Å². The molecule has 1 aliphatic heterocycles. The highest BCUT2D eigenvalue weighted by atomic mass is 32.2. The molecule has 3 rings (SSSR count). The van der Waals surface area contributed by atoms with Crippen LogP contribution < -0.4 is 0 Å². The molecule has 0 radical (unpaired) electrons. The van der Waals surface area contributed by atoms with Gasteiger partial charge in [-0.25, -0.2) is 0 Å². The summed E-state index contributed by atoms with van der Waals surface area (Å²) in [5.74, 6) is 2.95. The van der Waals surface area contributed by atoms with Crippen molar-refractivity contribution in [2.45, 2.75) is 25.4 Å². The molecule has 0 amide bonds. The van der Waals surface area contributed by atoms with E-state index in [0.717, 1.165) is 11.5 Å². The van der Waals surface area contributed by atoms with Gasteiger partial charge in [0.2, 0.25) is 0 Å². The average Bonchev–Trinajstić information content (AvgIpc) is 3.02. The van der Waals surface area contributed by atoms with Gasteiger partial charge in [-0.15, -0.1) is 0 Å². The summed E-state index contributed by atoms with van der Waals surface area (Å²) in [6.45, 7) is 6.16. The molecule has 0 aromatic heterocycles. The van der Waals surface area contributed by atoms with Crippen LogP contribution in [0.15, 0.2) is 67.3 Å². The fourth-order valence-electron chi connectivity index (χ4n) is 3.06. The zero-order valence-corrected chi connectivity index (χ0v) is 13.9. The van der Waals surface area contributed by atoms with Crippen molar-refractivity contribution in [2.24, 2.45) is 0 Å². The van der Waals surface area contributed by atoms with Crippen molar-refractivity contribution < 1.29 is 4.18 Å². The van der Waals surface area contributed by atoms with Crippen molar-refractivity contribution in [2.75, 3.05) is 11.5 Å². The lowest BCUT2D eigenvalue weighted by Crippen LogP contribution is -2.13. The summed E-state index contributed by atoms with van der Waals surface area (Å²) >= 11 is 0.0322. The van der Waals surface area contributed by atoms with Gasteiger partial charge < -0.3 is 0 Å². The van der Waals surface area contributed by atoms with Gasteiger partial charge in [0, 0.05) is 12.3 Å². The molecule has 2 heteroatoms. The fraction of sp³-hybridized carbons (Fsp3) is 0.300. The van der Waals surface area contributed by atoms with E-state index in [2.05, 4.69) is 62.0 Å². The maximum atomic E-state index is 6.35. The molecule has 1 nitrogen and oxygen atoms in total. The zero-order valence-electron chi connectivity index (χ0n) is 13.1. The minimum Gasteiger partial charge on any atom is -0.162 e. The standard InChI is InChI=1S/C20H23OS/c1-3-20(17-10-5-4-6-11-17)21-22-14-13-18(15-22)19-12-8-7-9-16(19)2/h3-12,18,20H,1,13-15H2,2H3/q+1. The van der Waals surface area contributed by atoms with Gasteiger partial charge in [0.25, 0.3) is 0 Å². The molecule has 0 saturated carbocycles. The van der Waals surface area contributed by atoms with E-state index in [1.54, 1.807) is 0 Å². The van der Waals surface area contributed by atoms with Crippen molar-refractivity contribution in [3.05, 3.63) is 83.9 Å². The first kappa shape index (κ1) is 15.4. The number of hydrogen-bond donors (Lipinski definition) is 0. The summed E-state index contributed by atoms with van der Waals surface area (Å²) in [6.07, 6.45) is 3.16. The highest BCUT2D eigenvalue weighted by Gasteiger charge is 2.38. The summed E-state index contributed by atoms with van der Waals surface area (Å²) in [6, 6.07) is 19.1. The largest absolute Gasteiger partial charge is 0.162 e. The maximum Gasteiger partial charge on any atom is 0.157 e. The Bertz CT molecular complexity index is 623. The molecule has 0 N–H and O–H groups in total. The first-order valence-corrected chi connectivity index (χ1v) is 9.34. The summed E-state index contributed by atoms with van der Waals surface area (Å²) in [7, 11) is 0. The lowest BCUT2D eigenvalue weighted by molar-refractivity contribution is 0.296. The smallest absolute Gasteiger partial charge is 0.157 e. The van der Waals surface area contributed by atoms with Crippen LogP contribution in [0.2, 0.25) is 0 Å². The number of hydrogen-bond acceptors (Lipinski definition) is 1. The second-order valence-electron chi connectivity index (χ2n) is 5.82. The fourth-order valence-corrected chi connectivity index (χ4v) is 5.23. The van der Waals surface area contributed by atoms with Gasteiger partial charge in [-0.05, 0) is 23.6 Å². The van der Waals surface area contributed by atoms with Crippen LogP contribution in [0.3, 0.4) is 0 Å². The Morgan fingerprint density at radius 1 is 1.14 bits per heavy atom. The molecular formula is C20H23OS+. The summed E-state index contributed by atoms with van der Waals surface area (Å²) < 4.78 is 6.35. The van der Waals surface area contributed by atoms with Gasteiger partial charge in [0.1, 0.15) is 22.7 Å². The molecule has 3 unspecified atom stereocenters. The van der Waals surface area contributed by atoms with Crippen molar-refractivity contribution in [3.63, 3.8) is 0 Å². The Hall–Kier alpha value is -1.51. The molecule has 22 heavy (non-hydrogen) atoms. The lowest BCUT2D eigenvalue weighted by Gasteiger charge is -2.12. The molecule has 0 spiro atoms. The highest BCUT2D eigenvalue weighted by molar-refractivity contribution is 7.92. The number of aryl methyl sites for hydroxylation is 1. The van der Waals surface area contributed by atoms with E-state index in [1.165, 1.54) is 23.1 Å². The number of benzene rings is 2. The SMILES string of the molecule is C=CC(O[S+]1CCC(c2ccccc2C)C1)c1ccccc1. The minimum atomic E-state index is 0.0140. The molecule has 1 fully saturated rings. The van der Waals surface area contributed by atoms with Crippen LogP contribution in [-0.4, -0.2) is 11.5 Å². The first-order chi connectivity index (χ1) is 10.8. The number of rotatable bonds is 5. The second kappa shape index (κ2) is 7.17. The molecule has 2 aromatic rings. The van der Waals surface area contributed by atoms with E-state index in [9.17, 15) is 0 Å².